The molecule has 1 aromatic carbocycles. The Kier molecular flexibility index (Phi) is 7.71. The highest BCUT2D eigenvalue weighted by atomic mass is 32.2. The van der Waals surface area contributed by atoms with Gasteiger partial charge in [0.2, 0.25) is 0 Å². The SMILES string of the molecule is CCNC(=NCc1ccc(C)cc1OC)NCCN1CCS(=O)(=O)CC1. The number of guanidine groups is 1. The van der Waals surface area contributed by atoms with Gasteiger partial charge in [0.05, 0.1) is 25.2 Å². The monoisotopic (exact) mass is 382 g/mol. The normalized spacial score (nSPS) is 17.7. The Balaban J connectivity index is 1.87. The summed E-state index contributed by atoms with van der Waals surface area (Å²) in [4.78, 5) is 6.80. The fraction of sp³-hybridized carbons (Fsp3) is 0.611. The van der Waals surface area contributed by atoms with Gasteiger partial charge >= 0.3 is 0 Å². The Hall–Kier alpha value is -1.80. The summed E-state index contributed by atoms with van der Waals surface area (Å²) < 4.78 is 28.4. The molecule has 1 aliphatic heterocycles. The van der Waals surface area contributed by atoms with Gasteiger partial charge in [-0.25, -0.2) is 13.4 Å². The van der Waals surface area contributed by atoms with Crippen LogP contribution in [0.15, 0.2) is 23.2 Å². The molecule has 26 heavy (non-hydrogen) atoms. The first-order valence-corrected chi connectivity index (χ1v) is 10.8. The van der Waals surface area contributed by atoms with E-state index in [9.17, 15) is 8.42 Å². The molecule has 0 spiro atoms. The fourth-order valence-corrected chi connectivity index (χ4v) is 4.07. The van der Waals surface area contributed by atoms with Crippen molar-refractivity contribution in [1.29, 1.82) is 0 Å². The van der Waals surface area contributed by atoms with Crippen LogP contribution in [0, 0.1) is 6.92 Å². The number of aliphatic imine (C=N–C) groups is 1. The lowest BCUT2D eigenvalue weighted by Crippen LogP contribution is -2.45. The Morgan fingerprint density at radius 3 is 2.65 bits per heavy atom. The first-order chi connectivity index (χ1) is 12.4. The zero-order valence-corrected chi connectivity index (χ0v) is 16.7. The molecule has 8 heteroatoms. The molecular formula is C18H30N4O3S. The average Bonchev–Trinajstić information content (AvgIpc) is 2.61. The van der Waals surface area contributed by atoms with Crippen molar-refractivity contribution in [2.45, 2.75) is 20.4 Å². The van der Waals surface area contributed by atoms with Crippen molar-refractivity contribution in [3.63, 3.8) is 0 Å². The molecule has 1 fully saturated rings. The van der Waals surface area contributed by atoms with Gasteiger partial charge in [-0.3, -0.25) is 4.90 Å². The molecule has 0 radical (unpaired) electrons. The fourth-order valence-electron chi connectivity index (χ4n) is 2.79. The third kappa shape index (κ3) is 6.49. The van der Waals surface area contributed by atoms with E-state index in [4.69, 9.17) is 4.74 Å². The second-order valence-corrected chi connectivity index (χ2v) is 8.73. The molecule has 2 rings (SSSR count). The predicted octanol–water partition coefficient (Wildman–Crippen LogP) is 0.789. The maximum Gasteiger partial charge on any atom is 0.191 e. The molecule has 0 aliphatic carbocycles. The number of hydrogen-bond donors (Lipinski definition) is 2. The van der Waals surface area contributed by atoms with E-state index in [1.54, 1.807) is 7.11 Å². The topological polar surface area (TPSA) is 83.0 Å². The number of sulfone groups is 1. The lowest BCUT2D eigenvalue weighted by atomic mass is 10.1. The molecule has 2 N–H and O–H groups in total. The first-order valence-electron chi connectivity index (χ1n) is 9.02. The van der Waals surface area contributed by atoms with Gasteiger partial charge in [0.15, 0.2) is 15.8 Å². The molecule has 0 saturated carbocycles. The number of hydrogen-bond acceptors (Lipinski definition) is 5. The third-order valence-electron chi connectivity index (χ3n) is 4.35. The Morgan fingerprint density at radius 1 is 1.27 bits per heavy atom. The van der Waals surface area contributed by atoms with Gasteiger partial charge in [-0.15, -0.1) is 0 Å². The smallest absolute Gasteiger partial charge is 0.191 e. The molecule has 1 saturated heterocycles. The van der Waals surface area contributed by atoms with Crippen LogP contribution in [0.2, 0.25) is 0 Å². The van der Waals surface area contributed by atoms with Crippen molar-refractivity contribution < 1.29 is 13.2 Å². The molecule has 1 aliphatic rings. The molecular weight excluding hydrogens is 352 g/mol. The van der Waals surface area contributed by atoms with Gasteiger partial charge in [-0.2, -0.15) is 0 Å². The minimum absolute atomic E-state index is 0.258. The van der Waals surface area contributed by atoms with E-state index < -0.39 is 9.84 Å². The zero-order valence-electron chi connectivity index (χ0n) is 15.9. The summed E-state index contributed by atoms with van der Waals surface area (Å²) >= 11 is 0. The van der Waals surface area contributed by atoms with Crippen molar-refractivity contribution >= 4 is 15.8 Å². The molecule has 1 aromatic rings. The highest BCUT2D eigenvalue weighted by Gasteiger charge is 2.20. The van der Waals surface area contributed by atoms with Crippen molar-refractivity contribution in [2.24, 2.45) is 4.99 Å². The van der Waals surface area contributed by atoms with E-state index in [1.807, 2.05) is 26.0 Å². The van der Waals surface area contributed by atoms with E-state index >= 15 is 0 Å². The minimum atomic E-state index is -2.82. The van der Waals surface area contributed by atoms with E-state index in [2.05, 4.69) is 26.6 Å². The molecule has 0 atom stereocenters. The van der Waals surface area contributed by atoms with E-state index in [-0.39, 0.29) is 11.5 Å². The highest BCUT2D eigenvalue weighted by Crippen LogP contribution is 2.20. The Morgan fingerprint density at radius 2 is 2.00 bits per heavy atom. The van der Waals surface area contributed by atoms with Crippen molar-refractivity contribution in [2.75, 3.05) is 51.3 Å². The number of nitrogens with one attached hydrogen (secondary N) is 2. The Labute approximate surface area is 156 Å². The molecule has 1 heterocycles. The third-order valence-corrected chi connectivity index (χ3v) is 5.96. The largest absolute Gasteiger partial charge is 0.496 e. The van der Waals surface area contributed by atoms with Crippen LogP contribution in [0.5, 0.6) is 5.75 Å². The molecule has 0 amide bonds. The molecule has 0 bridgehead atoms. The lowest BCUT2D eigenvalue weighted by Gasteiger charge is -2.26. The average molecular weight is 383 g/mol. The lowest BCUT2D eigenvalue weighted by molar-refractivity contribution is 0.299. The quantitative estimate of drug-likeness (QED) is 0.536. The van der Waals surface area contributed by atoms with Crippen molar-refractivity contribution in [1.82, 2.24) is 15.5 Å². The maximum atomic E-state index is 11.5. The van der Waals surface area contributed by atoms with Gasteiger partial charge in [0.1, 0.15) is 5.75 Å². The zero-order chi connectivity index (χ0) is 19.0. The number of methoxy groups -OCH3 is 1. The van der Waals surface area contributed by atoms with Gasteiger partial charge < -0.3 is 15.4 Å². The van der Waals surface area contributed by atoms with Crippen LogP contribution in [-0.4, -0.2) is 70.6 Å². The standard InChI is InChI=1S/C18H30N4O3S/c1-4-19-18(20-7-8-22-9-11-26(23,24)12-10-22)21-14-16-6-5-15(2)13-17(16)25-3/h5-6,13H,4,7-12,14H2,1-3H3,(H2,19,20,21). The number of rotatable bonds is 7. The van der Waals surface area contributed by atoms with Gasteiger partial charge in [-0.1, -0.05) is 12.1 Å². The molecule has 0 aromatic heterocycles. The van der Waals surface area contributed by atoms with Gasteiger partial charge in [0, 0.05) is 38.3 Å². The van der Waals surface area contributed by atoms with E-state index in [0.717, 1.165) is 42.5 Å². The van der Waals surface area contributed by atoms with Crippen LogP contribution in [0.3, 0.4) is 0 Å². The predicted molar refractivity (Wildman–Crippen MR) is 106 cm³/mol. The van der Waals surface area contributed by atoms with Crippen LogP contribution in [0.25, 0.3) is 0 Å². The number of benzene rings is 1. The van der Waals surface area contributed by atoms with Crippen LogP contribution >= 0.6 is 0 Å². The number of ether oxygens (including phenoxy) is 1. The Bertz CT molecular complexity index is 705. The maximum absolute atomic E-state index is 11.5. The van der Waals surface area contributed by atoms with Gasteiger partial charge in [-0.05, 0) is 25.5 Å². The molecule has 146 valence electrons. The summed E-state index contributed by atoms with van der Waals surface area (Å²) in [6, 6.07) is 6.10. The van der Waals surface area contributed by atoms with Crippen LogP contribution in [0.1, 0.15) is 18.1 Å². The summed E-state index contributed by atoms with van der Waals surface area (Å²) in [6.07, 6.45) is 0. The van der Waals surface area contributed by atoms with Crippen LogP contribution < -0.4 is 15.4 Å². The second kappa shape index (κ2) is 9.78. The van der Waals surface area contributed by atoms with E-state index in [0.29, 0.717) is 19.6 Å². The van der Waals surface area contributed by atoms with Crippen molar-refractivity contribution in [3.05, 3.63) is 29.3 Å². The summed E-state index contributed by atoms with van der Waals surface area (Å²) in [5.41, 5.74) is 2.19. The summed E-state index contributed by atoms with van der Waals surface area (Å²) in [6.45, 7) is 8.10. The molecule has 0 unspecified atom stereocenters. The van der Waals surface area contributed by atoms with Crippen molar-refractivity contribution in [3.8, 4) is 5.75 Å². The van der Waals surface area contributed by atoms with Gasteiger partial charge in [0.25, 0.3) is 0 Å². The summed E-state index contributed by atoms with van der Waals surface area (Å²) in [5, 5.41) is 6.55. The van der Waals surface area contributed by atoms with Crippen LogP contribution in [-0.2, 0) is 16.4 Å². The number of nitrogens with zero attached hydrogens (tertiary/aromatic N) is 2. The highest BCUT2D eigenvalue weighted by molar-refractivity contribution is 7.91. The summed E-state index contributed by atoms with van der Waals surface area (Å²) in [5.74, 6) is 2.11. The second-order valence-electron chi connectivity index (χ2n) is 6.43. The minimum Gasteiger partial charge on any atom is -0.496 e. The number of aryl methyl sites for hydroxylation is 1. The van der Waals surface area contributed by atoms with Crippen LogP contribution in [0.4, 0.5) is 0 Å². The molecule has 7 nitrogen and oxygen atoms in total. The van der Waals surface area contributed by atoms with E-state index in [1.165, 1.54) is 0 Å². The first kappa shape index (κ1) is 20.5. The summed E-state index contributed by atoms with van der Waals surface area (Å²) in [7, 11) is -1.15.